The molecule has 0 saturated carbocycles. The molecule has 1 fully saturated rings. The van der Waals surface area contributed by atoms with Gasteiger partial charge in [-0.1, -0.05) is 17.7 Å². The zero-order chi connectivity index (χ0) is 19.9. The molecule has 1 heterocycles. The van der Waals surface area contributed by atoms with Gasteiger partial charge in [-0.2, -0.15) is 20.5 Å². The summed E-state index contributed by atoms with van der Waals surface area (Å²) in [7, 11) is 0. The van der Waals surface area contributed by atoms with E-state index in [9.17, 15) is 0 Å². The molecule has 0 spiro atoms. The van der Waals surface area contributed by atoms with Gasteiger partial charge in [0.05, 0.1) is 22.7 Å². The fourth-order valence-electron chi connectivity index (χ4n) is 3.31. The van der Waals surface area contributed by atoms with Crippen LogP contribution in [0.5, 0.6) is 0 Å². The summed E-state index contributed by atoms with van der Waals surface area (Å²) in [6.07, 6.45) is 3.90. The number of aryl methyl sites for hydroxylation is 1. The molecule has 29 heavy (non-hydrogen) atoms. The van der Waals surface area contributed by atoms with Gasteiger partial charge in [-0.25, -0.2) is 0 Å². The highest BCUT2D eigenvalue weighted by atomic mass is 15.1. The van der Waals surface area contributed by atoms with Gasteiger partial charge in [0, 0.05) is 18.8 Å². The minimum absolute atomic E-state index is 0.787. The van der Waals surface area contributed by atoms with Gasteiger partial charge in [-0.3, -0.25) is 0 Å². The molecule has 4 rings (SSSR count). The van der Waals surface area contributed by atoms with E-state index in [2.05, 4.69) is 44.4 Å². The number of azo groups is 2. The Balaban J connectivity index is 1.36. The lowest BCUT2D eigenvalue weighted by Crippen LogP contribution is -2.29. The first-order valence-electron chi connectivity index (χ1n) is 10.1. The van der Waals surface area contributed by atoms with Crippen LogP contribution in [0.3, 0.4) is 0 Å². The molecule has 0 N–H and O–H groups in total. The monoisotopic (exact) mass is 383 g/mol. The van der Waals surface area contributed by atoms with E-state index in [-0.39, 0.29) is 0 Å². The van der Waals surface area contributed by atoms with Crippen LogP contribution in [0.2, 0.25) is 0 Å². The van der Waals surface area contributed by atoms with Crippen molar-refractivity contribution < 1.29 is 0 Å². The summed E-state index contributed by atoms with van der Waals surface area (Å²) in [5.74, 6) is 0. The van der Waals surface area contributed by atoms with Gasteiger partial charge in [0.1, 0.15) is 0 Å². The highest BCUT2D eigenvalue weighted by Crippen LogP contribution is 2.26. The van der Waals surface area contributed by atoms with Crippen molar-refractivity contribution in [2.24, 2.45) is 20.5 Å². The number of hydrogen-bond donors (Lipinski definition) is 0. The van der Waals surface area contributed by atoms with Gasteiger partial charge in [0.15, 0.2) is 0 Å². The van der Waals surface area contributed by atoms with Gasteiger partial charge >= 0.3 is 0 Å². The van der Waals surface area contributed by atoms with Crippen molar-refractivity contribution >= 4 is 28.4 Å². The summed E-state index contributed by atoms with van der Waals surface area (Å²) in [6.45, 7) is 4.35. The molecule has 1 aliphatic rings. The molecule has 0 unspecified atom stereocenters. The minimum Gasteiger partial charge on any atom is -0.372 e. The first-order valence-corrected chi connectivity index (χ1v) is 10.1. The van der Waals surface area contributed by atoms with Crippen LogP contribution < -0.4 is 4.90 Å². The summed E-state index contributed by atoms with van der Waals surface area (Å²) in [4.78, 5) is 2.44. The molecule has 0 radical (unpaired) electrons. The van der Waals surface area contributed by atoms with E-state index in [0.29, 0.717) is 0 Å². The van der Waals surface area contributed by atoms with Crippen molar-refractivity contribution in [3.8, 4) is 0 Å². The zero-order valence-electron chi connectivity index (χ0n) is 16.7. The van der Waals surface area contributed by atoms with Crippen LogP contribution in [-0.4, -0.2) is 13.1 Å². The third-order valence-electron chi connectivity index (χ3n) is 5.02. The summed E-state index contributed by atoms with van der Waals surface area (Å²) < 4.78 is 0. The molecule has 0 aliphatic carbocycles. The van der Waals surface area contributed by atoms with Crippen LogP contribution in [0.1, 0.15) is 24.8 Å². The van der Waals surface area contributed by atoms with Crippen molar-refractivity contribution in [3.63, 3.8) is 0 Å². The fourth-order valence-corrected chi connectivity index (χ4v) is 3.31. The molecule has 0 aromatic heterocycles. The van der Waals surface area contributed by atoms with Crippen LogP contribution in [0.4, 0.5) is 28.4 Å². The topological polar surface area (TPSA) is 52.7 Å². The first-order chi connectivity index (χ1) is 14.3. The molecule has 5 heteroatoms. The average molecular weight is 383 g/mol. The van der Waals surface area contributed by atoms with Gasteiger partial charge in [0.2, 0.25) is 0 Å². The summed E-state index contributed by atoms with van der Waals surface area (Å²) in [5, 5.41) is 17.2. The SMILES string of the molecule is Cc1ccc(N=Nc2ccc(N=Nc3ccc(N4CCCCC4)cc3)cc2)cc1. The lowest BCUT2D eigenvalue weighted by Gasteiger charge is -2.28. The first kappa shape index (κ1) is 19.0. The van der Waals surface area contributed by atoms with Crippen molar-refractivity contribution in [1.29, 1.82) is 0 Å². The summed E-state index contributed by atoms with van der Waals surface area (Å²) >= 11 is 0. The zero-order valence-corrected chi connectivity index (χ0v) is 16.7. The third kappa shape index (κ3) is 5.35. The number of anilines is 1. The average Bonchev–Trinajstić information content (AvgIpc) is 2.79. The highest BCUT2D eigenvalue weighted by Gasteiger charge is 2.10. The lowest BCUT2D eigenvalue weighted by molar-refractivity contribution is 0.578. The van der Waals surface area contributed by atoms with Crippen LogP contribution >= 0.6 is 0 Å². The Kier molecular flexibility index (Phi) is 6.05. The largest absolute Gasteiger partial charge is 0.372 e. The number of piperidine rings is 1. The minimum atomic E-state index is 0.787. The normalized spacial score (nSPS) is 14.7. The van der Waals surface area contributed by atoms with E-state index in [1.807, 2.05) is 60.7 Å². The smallest absolute Gasteiger partial charge is 0.0858 e. The van der Waals surface area contributed by atoms with Gasteiger partial charge < -0.3 is 4.90 Å². The molecule has 3 aromatic rings. The number of hydrogen-bond acceptors (Lipinski definition) is 5. The van der Waals surface area contributed by atoms with E-state index in [4.69, 9.17) is 0 Å². The molecule has 0 amide bonds. The van der Waals surface area contributed by atoms with Crippen LogP contribution in [0.15, 0.2) is 93.3 Å². The van der Waals surface area contributed by atoms with E-state index in [1.54, 1.807) is 0 Å². The van der Waals surface area contributed by atoms with Gasteiger partial charge in [-0.15, -0.1) is 0 Å². The quantitative estimate of drug-likeness (QED) is 0.414. The number of rotatable bonds is 5. The van der Waals surface area contributed by atoms with Gasteiger partial charge in [0.25, 0.3) is 0 Å². The van der Waals surface area contributed by atoms with Crippen LogP contribution in [0.25, 0.3) is 0 Å². The second-order valence-electron chi connectivity index (χ2n) is 7.32. The maximum Gasteiger partial charge on any atom is 0.0858 e. The fraction of sp³-hybridized carbons (Fsp3) is 0.250. The second-order valence-corrected chi connectivity index (χ2v) is 7.32. The van der Waals surface area contributed by atoms with E-state index >= 15 is 0 Å². The molecular formula is C24H25N5. The highest BCUT2D eigenvalue weighted by molar-refractivity contribution is 5.53. The van der Waals surface area contributed by atoms with Crippen LogP contribution in [-0.2, 0) is 0 Å². The summed E-state index contributed by atoms with van der Waals surface area (Å²) in [6, 6.07) is 23.9. The number of nitrogens with zero attached hydrogens (tertiary/aromatic N) is 5. The Bertz CT molecular complexity index is 967. The maximum absolute atomic E-state index is 4.35. The Morgan fingerprint density at radius 2 is 0.897 bits per heavy atom. The van der Waals surface area contributed by atoms with Crippen molar-refractivity contribution in [1.82, 2.24) is 0 Å². The Morgan fingerprint density at radius 1 is 0.517 bits per heavy atom. The second kappa shape index (κ2) is 9.24. The molecule has 1 aliphatic heterocycles. The number of benzene rings is 3. The molecule has 1 saturated heterocycles. The van der Waals surface area contributed by atoms with E-state index in [0.717, 1.165) is 35.8 Å². The predicted octanol–water partition coefficient (Wildman–Crippen LogP) is 7.82. The van der Waals surface area contributed by atoms with Crippen molar-refractivity contribution in [2.45, 2.75) is 26.2 Å². The maximum atomic E-state index is 4.35. The Labute approximate surface area is 171 Å². The van der Waals surface area contributed by atoms with Crippen LogP contribution in [0, 0.1) is 6.92 Å². The van der Waals surface area contributed by atoms with Crippen molar-refractivity contribution in [3.05, 3.63) is 78.4 Å². The molecule has 5 nitrogen and oxygen atoms in total. The third-order valence-corrected chi connectivity index (χ3v) is 5.02. The lowest BCUT2D eigenvalue weighted by atomic mass is 10.1. The Morgan fingerprint density at radius 3 is 1.34 bits per heavy atom. The molecule has 146 valence electrons. The van der Waals surface area contributed by atoms with E-state index < -0.39 is 0 Å². The molecule has 0 bridgehead atoms. The summed E-state index contributed by atoms with van der Waals surface area (Å²) in [5.41, 5.74) is 5.75. The molecule has 3 aromatic carbocycles. The Hall–Kier alpha value is -3.34. The van der Waals surface area contributed by atoms with E-state index in [1.165, 1.54) is 30.5 Å². The molecule has 0 atom stereocenters. The predicted molar refractivity (Wildman–Crippen MR) is 118 cm³/mol. The molecular weight excluding hydrogens is 358 g/mol. The van der Waals surface area contributed by atoms with Gasteiger partial charge in [-0.05, 0) is 86.8 Å². The van der Waals surface area contributed by atoms with Crippen molar-refractivity contribution in [2.75, 3.05) is 18.0 Å². The standard InChI is InChI=1S/C24H25N5/c1-19-5-7-20(8-6-19)25-26-21-9-11-22(12-10-21)27-28-23-13-15-24(16-14-23)29-17-3-2-4-18-29/h5-16H,2-4,17-18H2,1H3.